The van der Waals surface area contributed by atoms with E-state index in [2.05, 4.69) is 10.3 Å². The lowest BCUT2D eigenvalue weighted by Gasteiger charge is -2.08. The second-order valence-electron chi connectivity index (χ2n) is 4.50. The Labute approximate surface area is 131 Å². The molecule has 2 rings (SSSR count). The van der Waals surface area contributed by atoms with Gasteiger partial charge in [-0.1, -0.05) is 11.6 Å². The smallest absolute Gasteiger partial charge is 0.230 e. The molecule has 0 bridgehead atoms. The van der Waals surface area contributed by atoms with E-state index in [1.807, 2.05) is 12.3 Å². The van der Waals surface area contributed by atoms with Gasteiger partial charge in [-0.25, -0.2) is 13.4 Å². The number of hydrogen-bond acceptors (Lipinski definition) is 5. The summed E-state index contributed by atoms with van der Waals surface area (Å²) >= 11 is 7.44. The lowest BCUT2D eigenvalue weighted by molar-refractivity contribution is -0.115. The van der Waals surface area contributed by atoms with E-state index >= 15 is 0 Å². The maximum Gasteiger partial charge on any atom is 0.230 e. The van der Waals surface area contributed by atoms with Gasteiger partial charge >= 0.3 is 0 Å². The molecule has 1 aromatic carbocycles. The van der Waals surface area contributed by atoms with Gasteiger partial charge in [-0.05, 0) is 25.1 Å². The fourth-order valence-electron chi connectivity index (χ4n) is 1.68. The van der Waals surface area contributed by atoms with Crippen molar-refractivity contribution in [1.29, 1.82) is 0 Å². The highest BCUT2D eigenvalue weighted by atomic mass is 35.5. The van der Waals surface area contributed by atoms with E-state index in [-0.39, 0.29) is 27.9 Å². The number of aryl methyl sites for hydroxylation is 1. The number of sulfone groups is 1. The van der Waals surface area contributed by atoms with Crippen LogP contribution in [-0.2, 0) is 21.1 Å². The summed E-state index contributed by atoms with van der Waals surface area (Å²) in [5.41, 5.74) is 0.946. The Morgan fingerprint density at radius 1 is 1.43 bits per heavy atom. The zero-order chi connectivity index (χ0) is 15.6. The van der Waals surface area contributed by atoms with E-state index < -0.39 is 9.84 Å². The SMILES string of the molecule is Cc1nc(CC(=O)Nc2cc(S(C)(=O)=O)ccc2Cl)cs1. The van der Waals surface area contributed by atoms with E-state index in [4.69, 9.17) is 11.6 Å². The molecule has 21 heavy (non-hydrogen) atoms. The Balaban J connectivity index is 2.17. The molecule has 0 aliphatic rings. The Hall–Kier alpha value is -1.44. The quantitative estimate of drug-likeness (QED) is 0.925. The maximum atomic E-state index is 11.9. The monoisotopic (exact) mass is 344 g/mol. The third-order valence-electron chi connectivity index (χ3n) is 2.65. The van der Waals surface area contributed by atoms with Crippen LogP contribution in [0.4, 0.5) is 5.69 Å². The number of rotatable bonds is 4. The number of nitrogens with zero attached hydrogens (tertiary/aromatic N) is 1. The molecule has 1 heterocycles. The number of amides is 1. The summed E-state index contributed by atoms with van der Waals surface area (Å²) in [5.74, 6) is -0.298. The lowest BCUT2D eigenvalue weighted by Crippen LogP contribution is -2.15. The summed E-state index contributed by atoms with van der Waals surface area (Å²) in [4.78, 5) is 16.3. The standard InChI is InChI=1S/C13H13ClN2O3S2/c1-8-15-9(7-20-8)5-13(17)16-12-6-10(21(2,18)19)3-4-11(12)14/h3-4,6-7H,5H2,1-2H3,(H,16,17). The summed E-state index contributed by atoms with van der Waals surface area (Å²) < 4.78 is 23.0. The van der Waals surface area contributed by atoms with Crippen molar-refractivity contribution < 1.29 is 13.2 Å². The third-order valence-corrected chi connectivity index (χ3v) is 4.91. The highest BCUT2D eigenvalue weighted by Gasteiger charge is 2.13. The molecule has 1 aromatic heterocycles. The van der Waals surface area contributed by atoms with Gasteiger partial charge < -0.3 is 5.32 Å². The van der Waals surface area contributed by atoms with Crippen molar-refractivity contribution >= 4 is 44.4 Å². The molecule has 0 aliphatic heterocycles. The molecular weight excluding hydrogens is 332 g/mol. The van der Waals surface area contributed by atoms with E-state index in [0.717, 1.165) is 11.3 Å². The number of carbonyl (C=O) groups is 1. The molecule has 8 heteroatoms. The second kappa shape index (κ2) is 6.13. The Kier molecular flexibility index (Phi) is 4.65. The van der Waals surface area contributed by atoms with Crippen molar-refractivity contribution in [2.45, 2.75) is 18.2 Å². The van der Waals surface area contributed by atoms with Gasteiger partial charge in [0, 0.05) is 11.6 Å². The largest absolute Gasteiger partial charge is 0.324 e. The predicted octanol–water partition coefficient (Wildman–Crippen LogP) is 2.69. The molecule has 5 nitrogen and oxygen atoms in total. The number of anilines is 1. The van der Waals surface area contributed by atoms with Crippen LogP contribution in [0.1, 0.15) is 10.7 Å². The number of hydrogen-bond donors (Lipinski definition) is 1. The first kappa shape index (κ1) is 15.9. The van der Waals surface area contributed by atoms with Gasteiger partial charge in [-0.2, -0.15) is 0 Å². The zero-order valence-corrected chi connectivity index (χ0v) is 13.8. The van der Waals surface area contributed by atoms with Crippen LogP contribution in [0, 0.1) is 6.92 Å². The van der Waals surface area contributed by atoms with Crippen molar-refractivity contribution in [1.82, 2.24) is 4.98 Å². The Morgan fingerprint density at radius 3 is 2.71 bits per heavy atom. The summed E-state index contributed by atoms with van der Waals surface area (Å²) in [6.45, 7) is 1.86. The predicted molar refractivity (Wildman–Crippen MR) is 83.7 cm³/mol. The molecule has 0 atom stereocenters. The summed E-state index contributed by atoms with van der Waals surface area (Å²) in [7, 11) is -3.35. The Bertz CT molecular complexity index is 784. The molecule has 0 spiro atoms. The van der Waals surface area contributed by atoms with Crippen LogP contribution >= 0.6 is 22.9 Å². The van der Waals surface area contributed by atoms with E-state index in [1.165, 1.54) is 29.5 Å². The molecule has 0 unspecified atom stereocenters. The van der Waals surface area contributed by atoms with Crippen molar-refractivity contribution in [2.24, 2.45) is 0 Å². The van der Waals surface area contributed by atoms with Gasteiger partial charge in [0.25, 0.3) is 0 Å². The van der Waals surface area contributed by atoms with Crippen molar-refractivity contribution in [2.75, 3.05) is 11.6 Å². The van der Waals surface area contributed by atoms with Crippen LogP contribution < -0.4 is 5.32 Å². The summed E-state index contributed by atoms with van der Waals surface area (Å²) in [5, 5.41) is 5.59. The minimum Gasteiger partial charge on any atom is -0.324 e. The molecule has 0 saturated heterocycles. The number of benzene rings is 1. The summed E-state index contributed by atoms with van der Waals surface area (Å²) in [6, 6.07) is 4.19. The van der Waals surface area contributed by atoms with Crippen LogP contribution in [0.3, 0.4) is 0 Å². The highest BCUT2D eigenvalue weighted by Crippen LogP contribution is 2.25. The molecule has 0 radical (unpaired) electrons. The molecule has 0 aliphatic carbocycles. The van der Waals surface area contributed by atoms with Gasteiger partial charge in [0.2, 0.25) is 5.91 Å². The number of thiazole rings is 1. The first-order chi connectivity index (χ1) is 9.75. The van der Waals surface area contributed by atoms with Crippen LogP contribution in [0.25, 0.3) is 0 Å². The maximum absolute atomic E-state index is 11.9. The molecular formula is C13H13ClN2O3S2. The first-order valence-electron chi connectivity index (χ1n) is 5.96. The molecule has 1 amide bonds. The van der Waals surface area contributed by atoms with Crippen LogP contribution in [0.5, 0.6) is 0 Å². The van der Waals surface area contributed by atoms with Crippen LogP contribution in [0.15, 0.2) is 28.5 Å². The van der Waals surface area contributed by atoms with Crippen molar-refractivity contribution in [3.05, 3.63) is 39.3 Å². The third kappa shape index (κ3) is 4.26. The van der Waals surface area contributed by atoms with Gasteiger partial charge in [0.05, 0.1) is 32.7 Å². The van der Waals surface area contributed by atoms with Crippen molar-refractivity contribution in [3.8, 4) is 0 Å². The fraction of sp³-hybridized carbons (Fsp3) is 0.231. The van der Waals surface area contributed by atoms with Gasteiger partial charge in [0.1, 0.15) is 0 Å². The van der Waals surface area contributed by atoms with E-state index in [0.29, 0.717) is 5.69 Å². The van der Waals surface area contributed by atoms with Gasteiger partial charge in [-0.3, -0.25) is 4.79 Å². The van der Waals surface area contributed by atoms with Gasteiger partial charge in [0.15, 0.2) is 9.84 Å². The second-order valence-corrected chi connectivity index (χ2v) is 7.98. The van der Waals surface area contributed by atoms with Crippen molar-refractivity contribution in [3.63, 3.8) is 0 Å². The minimum atomic E-state index is -3.35. The Morgan fingerprint density at radius 2 is 2.14 bits per heavy atom. The topological polar surface area (TPSA) is 76.1 Å². The molecule has 2 aromatic rings. The van der Waals surface area contributed by atoms with E-state index in [9.17, 15) is 13.2 Å². The normalized spacial score (nSPS) is 11.4. The van der Waals surface area contributed by atoms with E-state index in [1.54, 1.807) is 0 Å². The number of halogens is 1. The number of carbonyl (C=O) groups excluding carboxylic acids is 1. The molecule has 112 valence electrons. The minimum absolute atomic E-state index is 0.103. The van der Waals surface area contributed by atoms with Gasteiger partial charge in [-0.15, -0.1) is 11.3 Å². The highest BCUT2D eigenvalue weighted by molar-refractivity contribution is 7.90. The summed E-state index contributed by atoms with van der Waals surface area (Å²) in [6.07, 6.45) is 1.21. The van der Waals surface area contributed by atoms with Crippen LogP contribution in [-0.4, -0.2) is 25.6 Å². The first-order valence-corrected chi connectivity index (χ1v) is 9.11. The zero-order valence-electron chi connectivity index (χ0n) is 11.4. The van der Waals surface area contributed by atoms with Crippen LogP contribution in [0.2, 0.25) is 5.02 Å². The average Bonchev–Trinajstić information content (AvgIpc) is 2.76. The lowest BCUT2D eigenvalue weighted by atomic mass is 10.3. The fourth-order valence-corrected chi connectivity index (χ4v) is 3.10. The number of aromatic nitrogens is 1. The molecule has 0 saturated carbocycles. The molecule has 0 fully saturated rings. The number of nitrogens with one attached hydrogen (secondary N) is 1. The average molecular weight is 345 g/mol. The molecule has 1 N–H and O–H groups in total.